The van der Waals surface area contributed by atoms with Crippen molar-refractivity contribution in [2.45, 2.75) is 253 Å². The predicted molar refractivity (Wildman–Crippen MR) is 345 cm³/mol. The number of rotatable bonds is 10. The van der Waals surface area contributed by atoms with E-state index in [0.717, 1.165) is 31.2 Å². The van der Waals surface area contributed by atoms with E-state index in [1.54, 1.807) is 53.7 Å². The molecule has 6 fully saturated rings. The van der Waals surface area contributed by atoms with Gasteiger partial charge >= 0.3 is 30.1 Å². The molecule has 0 spiro atoms. The van der Waals surface area contributed by atoms with Crippen molar-refractivity contribution in [2.75, 3.05) is 13.1 Å². The van der Waals surface area contributed by atoms with Gasteiger partial charge in [-0.15, -0.1) is 0 Å². The third kappa shape index (κ3) is 20.3. The molecule has 2 saturated heterocycles. The standard InChI is InChI=1S/C36H47FN4O9S.C26H40N4O8S.C4H6O3/c1-35(2,3)50-34(46)38-28-13-8-6-4-5-7-11-23-19-36(23,33(45)40-51(47,48)25-14-15-25)39-30(42)29-18-24(20-41(29)31(28)43)49-32(44)22-16-21-10-9-12-27(37)26(21)17-22;1-25(2,3)38-24(35)27-19-10-8-6-4-5-7-9-16-14-26(16,23(34)29-39(36,37)18-11-12-18)28-21(32)20-13-17(31)15-30(20)22(19)33;1-3(5)7-4(2)6/h7,9-12,22-25,28-29H,4-6,8,13-20H2,1-3H3,(H,38,46)(H,39,42)(H,40,45);7,9,16-20,31H,4-6,8,10-15H2,1-3H3,(H,27,35)(H,28,32)(H,29,34);1-2H3/b11-7-;9-7-;/t22?,23-,24-,28+,29+,36-;16-,17-,19+,20+,26-;/m11./s1. The van der Waals surface area contributed by atoms with Crippen LogP contribution in [0.2, 0.25) is 0 Å². The van der Waals surface area contributed by atoms with Crippen LogP contribution in [-0.2, 0) is 95.0 Å². The van der Waals surface area contributed by atoms with E-state index in [-0.39, 0.29) is 51.6 Å². The van der Waals surface area contributed by atoms with Crippen LogP contribution in [0.5, 0.6) is 0 Å². The number of benzene rings is 1. The van der Waals surface area contributed by atoms with Crippen LogP contribution in [0.1, 0.15) is 182 Å². The van der Waals surface area contributed by atoms with Gasteiger partial charge in [-0.05, 0) is 149 Å². The van der Waals surface area contributed by atoms with E-state index in [1.165, 1.54) is 29.7 Å². The average Bonchev–Trinajstić information content (AvgIpc) is 1.58. The van der Waals surface area contributed by atoms with Crippen LogP contribution in [0.15, 0.2) is 42.5 Å². The normalized spacial score (nSPS) is 29.8. The topological polar surface area (TPSA) is 392 Å². The Kier molecular flexibility index (Phi) is 23.8. The molecule has 4 heterocycles. The summed E-state index contributed by atoms with van der Waals surface area (Å²) in [5, 5.41) is 20.0. The number of hydrogen-bond acceptors (Lipinski definition) is 20. The molecule has 11 atom stereocenters. The Morgan fingerprint density at radius 2 is 1.07 bits per heavy atom. The number of aliphatic hydroxyl groups is 1. The summed E-state index contributed by atoms with van der Waals surface area (Å²) in [5.74, 6) is -7.68. The van der Waals surface area contributed by atoms with E-state index >= 15 is 0 Å². The molecule has 0 aromatic heterocycles. The number of ether oxygens (including phenoxy) is 4. The molecule has 5 aliphatic carbocycles. The van der Waals surface area contributed by atoms with Crippen molar-refractivity contribution in [3.05, 3.63) is 59.4 Å². The van der Waals surface area contributed by atoms with Gasteiger partial charge in [0.25, 0.3) is 11.8 Å². The Bertz CT molecular complexity index is 3500. The summed E-state index contributed by atoms with van der Waals surface area (Å²) >= 11 is 0. The third-order valence-electron chi connectivity index (χ3n) is 18.1. The molecule has 7 N–H and O–H groups in total. The van der Waals surface area contributed by atoms with Crippen molar-refractivity contribution in [1.82, 2.24) is 40.5 Å². The van der Waals surface area contributed by atoms with Gasteiger partial charge in [-0.25, -0.2) is 30.8 Å². The molecule has 536 valence electrons. The zero-order valence-electron chi connectivity index (χ0n) is 56.2. The zero-order valence-corrected chi connectivity index (χ0v) is 57.9. The number of amides is 8. The van der Waals surface area contributed by atoms with Crippen LogP contribution in [-0.4, -0.2) is 180 Å². The highest BCUT2D eigenvalue weighted by molar-refractivity contribution is 7.91. The number of halogens is 1. The highest BCUT2D eigenvalue weighted by Crippen LogP contribution is 2.48. The van der Waals surface area contributed by atoms with Gasteiger partial charge in [-0.2, -0.15) is 0 Å². The molecule has 31 heteroatoms. The molecule has 0 radical (unpaired) electrons. The van der Waals surface area contributed by atoms with Crippen molar-refractivity contribution < 1.29 is 98.0 Å². The van der Waals surface area contributed by atoms with E-state index in [2.05, 4.69) is 35.4 Å². The van der Waals surface area contributed by atoms with Crippen LogP contribution in [0.3, 0.4) is 0 Å². The lowest BCUT2D eigenvalue weighted by molar-refractivity contribution is -0.156. The molecule has 1 unspecified atom stereocenters. The van der Waals surface area contributed by atoms with Gasteiger partial charge < -0.3 is 55.1 Å². The second kappa shape index (κ2) is 30.7. The summed E-state index contributed by atoms with van der Waals surface area (Å²) < 4.78 is 89.8. The van der Waals surface area contributed by atoms with E-state index in [9.17, 15) is 79.1 Å². The minimum Gasteiger partial charge on any atom is -0.460 e. The first kappa shape index (κ1) is 75.2. The van der Waals surface area contributed by atoms with Crippen LogP contribution in [0.25, 0.3) is 0 Å². The molecule has 8 amide bonds. The molecule has 4 aliphatic heterocycles. The molecular weight excluding hydrogens is 1310 g/mol. The molecular formula is C66H93FN8O20S2. The number of fused-ring (bicyclic) bond motifs is 5. The molecule has 1 aromatic rings. The molecule has 4 saturated carbocycles. The smallest absolute Gasteiger partial charge is 0.408 e. The maximum Gasteiger partial charge on any atom is 0.408 e. The number of nitrogens with one attached hydrogen (secondary N) is 6. The van der Waals surface area contributed by atoms with Crippen molar-refractivity contribution in [2.24, 2.45) is 17.8 Å². The number of nitrogens with zero attached hydrogens (tertiary/aromatic N) is 2. The fourth-order valence-corrected chi connectivity index (χ4v) is 15.5. The van der Waals surface area contributed by atoms with E-state index < -0.39 is 178 Å². The predicted octanol–water partition coefficient (Wildman–Crippen LogP) is 3.89. The summed E-state index contributed by atoms with van der Waals surface area (Å²) in [6.07, 6.45) is 12.9. The molecule has 9 aliphatic rings. The number of esters is 3. The monoisotopic (exact) mass is 1400 g/mol. The molecule has 28 nitrogen and oxygen atoms in total. The Morgan fingerprint density at radius 3 is 1.49 bits per heavy atom. The third-order valence-corrected chi connectivity index (χ3v) is 21.8. The summed E-state index contributed by atoms with van der Waals surface area (Å²) in [6, 6.07) is 0.371. The average molecular weight is 1400 g/mol. The summed E-state index contributed by atoms with van der Waals surface area (Å²) in [7, 11) is -7.74. The quantitative estimate of drug-likeness (QED) is 0.0756. The van der Waals surface area contributed by atoms with Crippen molar-refractivity contribution >= 4 is 85.6 Å². The second-order valence-corrected chi connectivity index (χ2v) is 32.6. The molecule has 0 bridgehead atoms. The number of carbonyl (C=O) groups excluding carboxylic acids is 11. The first-order chi connectivity index (χ1) is 45.4. The molecule has 10 rings (SSSR count). The first-order valence-corrected chi connectivity index (χ1v) is 36.5. The van der Waals surface area contributed by atoms with Crippen LogP contribution in [0.4, 0.5) is 14.0 Å². The number of alkyl carbamates (subject to hydrolysis) is 2. The van der Waals surface area contributed by atoms with Gasteiger partial charge in [-0.1, -0.05) is 62.1 Å². The number of allylic oxidation sites excluding steroid dienone is 2. The number of hydrogen-bond donors (Lipinski definition) is 7. The lowest BCUT2D eigenvalue weighted by atomic mass is 10.0. The minimum absolute atomic E-state index is 0.0463. The lowest BCUT2D eigenvalue weighted by Gasteiger charge is -2.30. The summed E-state index contributed by atoms with van der Waals surface area (Å²) in [4.78, 5) is 143. The van der Waals surface area contributed by atoms with Crippen molar-refractivity contribution in [1.29, 1.82) is 0 Å². The minimum atomic E-state index is -3.91. The Labute approximate surface area is 564 Å². The largest absolute Gasteiger partial charge is 0.460 e. The number of aliphatic hydroxyl groups excluding tert-OH is 1. The zero-order chi connectivity index (χ0) is 71.2. The summed E-state index contributed by atoms with van der Waals surface area (Å²) in [5.41, 5.74) is -3.42. The second-order valence-electron chi connectivity index (χ2n) is 28.7. The van der Waals surface area contributed by atoms with E-state index in [0.29, 0.717) is 69.8 Å². The summed E-state index contributed by atoms with van der Waals surface area (Å²) in [6.45, 7) is 12.3. The Morgan fingerprint density at radius 1 is 0.619 bits per heavy atom. The number of carbonyl (C=O) groups is 11. The van der Waals surface area contributed by atoms with Gasteiger partial charge in [0, 0.05) is 45.1 Å². The number of sulfonamides is 2. The highest BCUT2D eigenvalue weighted by atomic mass is 32.2. The van der Waals surface area contributed by atoms with Crippen LogP contribution >= 0.6 is 0 Å². The first-order valence-electron chi connectivity index (χ1n) is 33.4. The SMILES string of the molecule is CC(=O)OC(C)=O.CC(C)(C)OC(=O)N[C@H]1CCCCC/C=C\[C@@H]2C[C@@]2(C(=O)NS(=O)(=O)C2CC2)NC(=O)[C@@H]2C[C@@H](O)CN2C1=O.CC(C)(C)OC(=O)N[C@H]1CCCCC/C=C\[C@@H]2C[C@@]2(C(=O)NS(=O)(=O)C2CC2)NC(=O)[C@@H]2C[C@@H](OC(=O)C3Cc4cccc(F)c4C3)CN2C1=O. The Hall–Kier alpha value is -7.54. The van der Waals surface area contributed by atoms with Crippen LogP contribution < -0.4 is 30.7 Å². The van der Waals surface area contributed by atoms with E-state index in [4.69, 9.17) is 14.2 Å². The van der Waals surface area contributed by atoms with Crippen molar-refractivity contribution in [3.8, 4) is 0 Å². The maximum atomic E-state index is 14.4. The Balaban J connectivity index is 0.000000232. The van der Waals surface area contributed by atoms with Gasteiger partial charge in [0.1, 0.15) is 58.4 Å². The maximum absolute atomic E-state index is 14.4. The fourth-order valence-electron chi connectivity index (χ4n) is 12.8. The van der Waals surface area contributed by atoms with Crippen molar-refractivity contribution in [3.63, 3.8) is 0 Å². The fraction of sp³-hybridized carbons (Fsp3) is 0.682. The van der Waals surface area contributed by atoms with Gasteiger partial charge in [0.05, 0.1) is 29.1 Å². The molecule has 97 heavy (non-hydrogen) atoms. The van der Waals surface area contributed by atoms with E-state index in [1.807, 2.05) is 24.3 Å². The molecule has 1 aromatic carbocycles. The highest BCUT2D eigenvalue weighted by Gasteiger charge is 2.64. The van der Waals surface area contributed by atoms with Crippen LogP contribution in [0, 0.1) is 23.6 Å². The van der Waals surface area contributed by atoms with Gasteiger partial charge in [-0.3, -0.25) is 52.6 Å². The van der Waals surface area contributed by atoms with Gasteiger partial charge in [0.2, 0.25) is 43.7 Å². The lowest BCUT2D eigenvalue weighted by Crippen LogP contribution is -2.58. The van der Waals surface area contributed by atoms with Gasteiger partial charge in [0.15, 0.2) is 0 Å².